The van der Waals surface area contributed by atoms with Crippen LogP contribution >= 0.6 is 11.3 Å². The highest BCUT2D eigenvalue weighted by Gasteiger charge is 2.27. The summed E-state index contributed by atoms with van der Waals surface area (Å²) >= 11 is 1.55. The van der Waals surface area contributed by atoms with Crippen molar-refractivity contribution < 1.29 is 9.53 Å². The van der Waals surface area contributed by atoms with Crippen molar-refractivity contribution in [3.8, 4) is 11.8 Å². The van der Waals surface area contributed by atoms with Crippen molar-refractivity contribution in [2.45, 2.75) is 59.5 Å². The molecule has 1 amide bonds. The molecule has 2 atom stereocenters. The molecule has 0 saturated heterocycles. The number of nitrogens with zero attached hydrogens (tertiary/aromatic N) is 1. The van der Waals surface area contributed by atoms with Crippen LogP contribution in [0.5, 0.6) is 5.75 Å². The molecule has 1 aromatic heterocycles. The number of nitrogens with one attached hydrogen (secondary N) is 1. The van der Waals surface area contributed by atoms with Crippen LogP contribution in [0.15, 0.2) is 18.2 Å². The van der Waals surface area contributed by atoms with E-state index in [2.05, 4.69) is 18.3 Å². The number of anilines is 1. The van der Waals surface area contributed by atoms with Gasteiger partial charge in [-0.2, -0.15) is 5.26 Å². The molecule has 0 saturated carbocycles. The first-order chi connectivity index (χ1) is 12.9. The van der Waals surface area contributed by atoms with Crippen LogP contribution in [0.2, 0.25) is 0 Å². The smallest absolute Gasteiger partial charge is 0.265 e. The second-order valence-corrected chi connectivity index (χ2v) is 8.46. The summed E-state index contributed by atoms with van der Waals surface area (Å²) in [5, 5.41) is 13.2. The summed E-state index contributed by atoms with van der Waals surface area (Å²) in [7, 11) is 0. The molecule has 0 radical (unpaired) electrons. The molecule has 27 heavy (non-hydrogen) atoms. The quantitative estimate of drug-likeness (QED) is 0.777. The summed E-state index contributed by atoms with van der Waals surface area (Å²) in [6.45, 7) is 7.95. The highest BCUT2D eigenvalue weighted by Crippen LogP contribution is 2.40. The van der Waals surface area contributed by atoms with Gasteiger partial charge in [0.15, 0.2) is 6.10 Å². The van der Waals surface area contributed by atoms with E-state index in [0.29, 0.717) is 22.2 Å². The van der Waals surface area contributed by atoms with E-state index in [0.717, 1.165) is 42.4 Å². The average molecular weight is 383 g/mol. The summed E-state index contributed by atoms with van der Waals surface area (Å²) in [6, 6.07) is 8.20. The number of benzene rings is 1. The Hall–Kier alpha value is -2.32. The lowest BCUT2D eigenvalue weighted by molar-refractivity contribution is -0.122. The molecule has 0 bridgehead atoms. The minimum atomic E-state index is -0.638. The topological polar surface area (TPSA) is 62.1 Å². The van der Waals surface area contributed by atoms with Gasteiger partial charge < -0.3 is 10.1 Å². The molecule has 0 spiro atoms. The Labute approximate surface area is 165 Å². The number of aryl methyl sites for hydroxylation is 2. The summed E-state index contributed by atoms with van der Waals surface area (Å²) < 4.78 is 5.85. The van der Waals surface area contributed by atoms with Gasteiger partial charge in [0.25, 0.3) is 5.91 Å². The van der Waals surface area contributed by atoms with Gasteiger partial charge in [0.05, 0.1) is 5.56 Å². The predicted molar refractivity (Wildman–Crippen MR) is 109 cm³/mol. The largest absolute Gasteiger partial charge is 0.481 e. The minimum Gasteiger partial charge on any atom is -0.481 e. The molecule has 3 rings (SSSR count). The van der Waals surface area contributed by atoms with E-state index in [1.807, 2.05) is 32.0 Å². The first-order valence-electron chi connectivity index (χ1n) is 9.52. The van der Waals surface area contributed by atoms with E-state index >= 15 is 0 Å². The van der Waals surface area contributed by atoms with Crippen molar-refractivity contribution >= 4 is 22.2 Å². The molecule has 1 N–H and O–H groups in total. The maximum Gasteiger partial charge on any atom is 0.265 e. The van der Waals surface area contributed by atoms with Crippen molar-refractivity contribution in [2.24, 2.45) is 5.92 Å². The van der Waals surface area contributed by atoms with Crippen LogP contribution in [0.1, 0.15) is 53.8 Å². The lowest BCUT2D eigenvalue weighted by Gasteiger charge is -2.20. The summed E-state index contributed by atoms with van der Waals surface area (Å²) in [4.78, 5) is 13.9. The third-order valence-electron chi connectivity index (χ3n) is 5.30. The molecule has 0 fully saturated rings. The van der Waals surface area contributed by atoms with Gasteiger partial charge in [0, 0.05) is 4.88 Å². The fourth-order valence-corrected chi connectivity index (χ4v) is 4.91. The van der Waals surface area contributed by atoms with E-state index in [1.54, 1.807) is 18.3 Å². The van der Waals surface area contributed by atoms with Gasteiger partial charge in [0.1, 0.15) is 16.8 Å². The molecule has 142 valence electrons. The highest BCUT2D eigenvalue weighted by atomic mass is 32.1. The van der Waals surface area contributed by atoms with Crippen LogP contribution in [0.3, 0.4) is 0 Å². The van der Waals surface area contributed by atoms with Crippen molar-refractivity contribution in [2.75, 3.05) is 5.32 Å². The van der Waals surface area contributed by atoms with Crippen molar-refractivity contribution in [3.63, 3.8) is 0 Å². The number of carbonyl (C=O) groups is 1. The van der Waals surface area contributed by atoms with Gasteiger partial charge in [-0.25, -0.2) is 0 Å². The Morgan fingerprint density at radius 1 is 1.44 bits per heavy atom. The number of thiophene rings is 1. The normalized spacial score (nSPS) is 16.9. The van der Waals surface area contributed by atoms with E-state index in [1.165, 1.54) is 4.88 Å². The van der Waals surface area contributed by atoms with Gasteiger partial charge in [-0.1, -0.05) is 31.0 Å². The molecule has 1 aromatic carbocycles. The average Bonchev–Trinajstić information content (AvgIpc) is 2.99. The molecular formula is C22H26N2O2S. The fraction of sp³-hybridized carbons (Fsp3) is 0.455. The first kappa shape index (κ1) is 19.4. The summed E-state index contributed by atoms with van der Waals surface area (Å²) in [5.41, 5.74) is 3.93. The Balaban J connectivity index is 1.74. The maximum absolute atomic E-state index is 12.7. The third kappa shape index (κ3) is 4.17. The van der Waals surface area contributed by atoms with Gasteiger partial charge in [-0.05, 0) is 63.1 Å². The second kappa shape index (κ2) is 8.14. The Bertz CT molecular complexity index is 894. The van der Waals surface area contributed by atoms with Crippen LogP contribution < -0.4 is 10.1 Å². The van der Waals surface area contributed by atoms with Crippen LogP contribution in [0.4, 0.5) is 5.00 Å². The number of hydrogen-bond acceptors (Lipinski definition) is 4. The number of hydrogen-bond donors (Lipinski definition) is 1. The number of ether oxygens (including phenoxy) is 1. The lowest BCUT2D eigenvalue weighted by Crippen LogP contribution is -2.30. The van der Waals surface area contributed by atoms with Crippen LogP contribution in [0, 0.1) is 31.1 Å². The molecule has 4 nitrogen and oxygen atoms in total. The standard InChI is InChI=1S/C22H26N2O2S/c1-5-16-7-8-17-18(12-23)22(27-20(17)11-16)24-21(25)15(4)26-19-9-6-13(2)10-14(19)3/h6,9-10,15-16H,5,7-8,11H2,1-4H3,(H,24,25). The lowest BCUT2D eigenvalue weighted by atomic mass is 9.86. The molecular weight excluding hydrogens is 356 g/mol. The SMILES string of the molecule is CCC1CCc2c(sc(NC(=O)C(C)Oc3ccc(C)cc3C)c2C#N)C1. The number of nitriles is 1. The molecule has 1 heterocycles. The van der Waals surface area contributed by atoms with E-state index in [-0.39, 0.29) is 5.91 Å². The van der Waals surface area contributed by atoms with Crippen molar-refractivity contribution in [1.29, 1.82) is 5.26 Å². The zero-order chi connectivity index (χ0) is 19.6. The molecule has 0 aliphatic heterocycles. The molecule has 5 heteroatoms. The monoisotopic (exact) mass is 382 g/mol. The van der Waals surface area contributed by atoms with E-state index in [4.69, 9.17) is 4.74 Å². The van der Waals surface area contributed by atoms with Gasteiger partial charge in [-0.15, -0.1) is 11.3 Å². The van der Waals surface area contributed by atoms with E-state index < -0.39 is 6.10 Å². The van der Waals surface area contributed by atoms with Crippen molar-refractivity contribution in [3.05, 3.63) is 45.3 Å². The summed E-state index contributed by atoms with van der Waals surface area (Å²) in [6.07, 6.45) is 3.57. The maximum atomic E-state index is 12.7. The Kier molecular flexibility index (Phi) is 5.86. The first-order valence-corrected chi connectivity index (χ1v) is 10.3. The number of amides is 1. The number of rotatable bonds is 5. The Morgan fingerprint density at radius 2 is 2.22 bits per heavy atom. The van der Waals surface area contributed by atoms with Gasteiger partial charge >= 0.3 is 0 Å². The molecule has 1 aliphatic rings. The van der Waals surface area contributed by atoms with Crippen LogP contribution in [-0.2, 0) is 17.6 Å². The molecule has 2 unspecified atom stereocenters. The zero-order valence-electron chi connectivity index (χ0n) is 16.4. The molecule has 2 aromatic rings. The van der Waals surface area contributed by atoms with Crippen molar-refractivity contribution in [1.82, 2.24) is 0 Å². The fourth-order valence-electron chi connectivity index (χ4n) is 3.60. The summed E-state index contributed by atoms with van der Waals surface area (Å²) in [5.74, 6) is 1.16. The zero-order valence-corrected chi connectivity index (χ0v) is 17.2. The molecule has 1 aliphatic carbocycles. The van der Waals surface area contributed by atoms with Crippen LogP contribution in [0.25, 0.3) is 0 Å². The van der Waals surface area contributed by atoms with Gasteiger partial charge in [0.2, 0.25) is 0 Å². The van der Waals surface area contributed by atoms with E-state index in [9.17, 15) is 10.1 Å². The van der Waals surface area contributed by atoms with Crippen LogP contribution in [-0.4, -0.2) is 12.0 Å². The second-order valence-electron chi connectivity index (χ2n) is 7.36. The third-order valence-corrected chi connectivity index (χ3v) is 6.47. The number of carbonyl (C=O) groups excluding carboxylic acids is 1. The highest BCUT2D eigenvalue weighted by molar-refractivity contribution is 7.16. The van der Waals surface area contributed by atoms with Gasteiger partial charge in [-0.3, -0.25) is 4.79 Å². The Morgan fingerprint density at radius 3 is 2.89 bits per heavy atom. The minimum absolute atomic E-state index is 0.225. The number of fused-ring (bicyclic) bond motifs is 1. The predicted octanol–water partition coefficient (Wildman–Crippen LogP) is 5.16.